The molecular formula is C17H29ClO2. The number of methoxy groups -OCH3 is 1. The second-order valence-electron chi connectivity index (χ2n) is 5.05. The van der Waals surface area contributed by atoms with E-state index in [1.807, 2.05) is 0 Å². The van der Waals surface area contributed by atoms with E-state index in [0.29, 0.717) is 12.3 Å². The molecule has 2 nitrogen and oxygen atoms in total. The highest BCUT2D eigenvalue weighted by atomic mass is 35.5. The van der Waals surface area contributed by atoms with Gasteiger partial charge >= 0.3 is 5.97 Å². The Labute approximate surface area is 129 Å². The molecule has 0 aromatic carbocycles. The summed E-state index contributed by atoms with van der Waals surface area (Å²) in [6, 6.07) is 0. The molecule has 0 aliphatic heterocycles. The van der Waals surface area contributed by atoms with Crippen LogP contribution in [-0.2, 0) is 9.53 Å². The average Bonchev–Trinajstić information content (AvgIpc) is 2.47. The highest BCUT2D eigenvalue weighted by Gasteiger charge is 1.98. The van der Waals surface area contributed by atoms with Gasteiger partial charge in [-0.1, -0.05) is 38.5 Å². The van der Waals surface area contributed by atoms with E-state index in [-0.39, 0.29) is 5.97 Å². The topological polar surface area (TPSA) is 26.3 Å². The maximum Gasteiger partial charge on any atom is 0.305 e. The van der Waals surface area contributed by atoms with E-state index in [0.717, 1.165) is 32.1 Å². The summed E-state index contributed by atoms with van der Waals surface area (Å²) >= 11 is 5.58. The van der Waals surface area contributed by atoms with Crippen molar-refractivity contribution in [3.63, 3.8) is 0 Å². The summed E-state index contributed by atoms with van der Waals surface area (Å²) in [6.45, 7) is 0. The van der Waals surface area contributed by atoms with Crippen LogP contribution >= 0.6 is 11.6 Å². The summed E-state index contributed by atoms with van der Waals surface area (Å²) in [5.74, 6) is 6.99. The molecule has 0 bridgehead atoms. The first-order valence-corrected chi connectivity index (χ1v) is 8.43. The third kappa shape index (κ3) is 15.4. The standard InChI is InChI=1S/C17H29ClO2/c1-20-17(19)15-13-11-9-7-5-3-2-4-6-8-10-12-14-16-18/h2-7,9,11-16H2,1H3. The molecule has 3 heteroatoms. The van der Waals surface area contributed by atoms with Gasteiger partial charge in [-0.05, 0) is 19.3 Å². The fourth-order valence-electron chi connectivity index (χ4n) is 1.98. The number of rotatable bonds is 12. The molecule has 0 unspecified atom stereocenters. The third-order valence-corrected chi connectivity index (χ3v) is 3.49. The number of ether oxygens (including phenoxy) is 1. The van der Waals surface area contributed by atoms with Gasteiger partial charge in [0.1, 0.15) is 0 Å². The Hall–Kier alpha value is -0.680. The van der Waals surface area contributed by atoms with E-state index in [9.17, 15) is 4.79 Å². The van der Waals surface area contributed by atoms with Crippen molar-refractivity contribution in [3.05, 3.63) is 0 Å². The molecule has 0 spiro atoms. The Bertz CT molecular complexity index is 278. The fourth-order valence-corrected chi connectivity index (χ4v) is 2.11. The molecule has 116 valence electrons. The molecule has 0 atom stereocenters. The molecule has 0 saturated heterocycles. The van der Waals surface area contributed by atoms with Crippen LogP contribution in [0.2, 0.25) is 0 Å². The van der Waals surface area contributed by atoms with Crippen molar-refractivity contribution in [2.75, 3.05) is 13.0 Å². The minimum absolute atomic E-state index is 0.0860. The van der Waals surface area contributed by atoms with E-state index in [4.69, 9.17) is 11.6 Å². The van der Waals surface area contributed by atoms with Gasteiger partial charge in [-0.2, -0.15) is 0 Å². The molecule has 0 amide bonds. The molecule has 20 heavy (non-hydrogen) atoms. The van der Waals surface area contributed by atoms with Crippen LogP contribution < -0.4 is 0 Å². The van der Waals surface area contributed by atoms with Gasteiger partial charge in [0.05, 0.1) is 7.11 Å². The first-order chi connectivity index (χ1) is 9.81. The molecule has 0 heterocycles. The average molecular weight is 301 g/mol. The summed E-state index contributed by atoms with van der Waals surface area (Å²) < 4.78 is 4.61. The van der Waals surface area contributed by atoms with Crippen molar-refractivity contribution >= 4 is 17.6 Å². The molecule has 0 fully saturated rings. The zero-order chi connectivity index (χ0) is 14.9. The summed E-state index contributed by atoms with van der Waals surface area (Å²) in [4.78, 5) is 10.9. The van der Waals surface area contributed by atoms with Gasteiger partial charge in [0.25, 0.3) is 0 Å². The van der Waals surface area contributed by atoms with Gasteiger partial charge in [0.2, 0.25) is 0 Å². The van der Waals surface area contributed by atoms with Gasteiger partial charge in [0.15, 0.2) is 0 Å². The monoisotopic (exact) mass is 300 g/mol. The molecule has 0 N–H and O–H groups in total. The first-order valence-electron chi connectivity index (χ1n) is 7.89. The van der Waals surface area contributed by atoms with Crippen molar-refractivity contribution in [2.24, 2.45) is 0 Å². The number of unbranched alkanes of at least 4 members (excludes halogenated alkanes) is 9. The highest BCUT2D eigenvalue weighted by Crippen LogP contribution is 2.10. The Morgan fingerprint density at radius 3 is 1.90 bits per heavy atom. The van der Waals surface area contributed by atoms with Crippen molar-refractivity contribution in [1.29, 1.82) is 0 Å². The van der Waals surface area contributed by atoms with Gasteiger partial charge in [-0.3, -0.25) is 4.79 Å². The minimum atomic E-state index is -0.0860. The summed E-state index contributed by atoms with van der Waals surface area (Å²) in [5.41, 5.74) is 0. The van der Waals surface area contributed by atoms with Gasteiger partial charge in [0, 0.05) is 25.1 Å². The predicted octanol–water partition coefficient (Wildman–Crippen LogP) is 5.08. The molecule has 0 rings (SSSR count). The number of carbonyl (C=O) groups excluding carboxylic acids is 1. The lowest BCUT2D eigenvalue weighted by Crippen LogP contribution is -1.99. The van der Waals surface area contributed by atoms with Crippen molar-refractivity contribution in [2.45, 2.75) is 77.0 Å². The fraction of sp³-hybridized carbons (Fsp3) is 0.824. The van der Waals surface area contributed by atoms with Crippen LogP contribution in [0.4, 0.5) is 0 Å². The van der Waals surface area contributed by atoms with Gasteiger partial charge < -0.3 is 4.74 Å². The number of alkyl halides is 1. The van der Waals surface area contributed by atoms with Crippen LogP contribution in [0.3, 0.4) is 0 Å². The van der Waals surface area contributed by atoms with Crippen LogP contribution in [0.1, 0.15) is 77.0 Å². The number of hydrogen-bond donors (Lipinski definition) is 0. The van der Waals surface area contributed by atoms with E-state index in [1.54, 1.807) is 0 Å². The van der Waals surface area contributed by atoms with E-state index >= 15 is 0 Å². The smallest absolute Gasteiger partial charge is 0.305 e. The lowest BCUT2D eigenvalue weighted by Gasteiger charge is -2.01. The first kappa shape index (κ1) is 19.3. The lowest BCUT2D eigenvalue weighted by molar-refractivity contribution is -0.140. The van der Waals surface area contributed by atoms with Crippen molar-refractivity contribution in [1.82, 2.24) is 0 Å². The number of carbonyl (C=O) groups is 1. The molecule has 0 radical (unpaired) electrons. The molecule has 0 saturated carbocycles. The number of hydrogen-bond acceptors (Lipinski definition) is 2. The predicted molar refractivity (Wildman–Crippen MR) is 85.9 cm³/mol. The number of halogens is 1. The maximum atomic E-state index is 10.9. The Morgan fingerprint density at radius 1 is 0.850 bits per heavy atom. The van der Waals surface area contributed by atoms with Crippen molar-refractivity contribution in [3.8, 4) is 11.8 Å². The largest absolute Gasteiger partial charge is 0.469 e. The molecule has 0 aromatic heterocycles. The Kier molecular flexibility index (Phi) is 15.8. The SMILES string of the molecule is COC(=O)CCCCCCCCCCC#CCCCCl. The van der Waals surface area contributed by atoms with Gasteiger partial charge in [-0.25, -0.2) is 0 Å². The summed E-state index contributed by atoms with van der Waals surface area (Å²) in [6.07, 6.45) is 13.3. The van der Waals surface area contributed by atoms with E-state index in [2.05, 4.69) is 16.6 Å². The second kappa shape index (κ2) is 16.4. The molecular weight excluding hydrogens is 272 g/mol. The van der Waals surface area contributed by atoms with Crippen molar-refractivity contribution < 1.29 is 9.53 Å². The third-order valence-electron chi connectivity index (χ3n) is 3.22. The highest BCUT2D eigenvalue weighted by molar-refractivity contribution is 6.17. The zero-order valence-electron chi connectivity index (χ0n) is 12.9. The number of esters is 1. The molecule has 0 aliphatic rings. The Morgan fingerprint density at radius 2 is 1.35 bits per heavy atom. The molecule has 0 aliphatic carbocycles. The maximum absolute atomic E-state index is 10.9. The Balaban J connectivity index is 3.09. The van der Waals surface area contributed by atoms with Crippen LogP contribution in [0.25, 0.3) is 0 Å². The summed E-state index contributed by atoms with van der Waals surface area (Å²) in [5, 5.41) is 0. The quantitative estimate of drug-likeness (QED) is 0.217. The normalized spacial score (nSPS) is 9.90. The lowest BCUT2D eigenvalue weighted by atomic mass is 10.1. The second-order valence-corrected chi connectivity index (χ2v) is 5.43. The summed E-state index contributed by atoms with van der Waals surface area (Å²) in [7, 11) is 1.45. The van der Waals surface area contributed by atoms with Crippen LogP contribution in [0.15, 0.2) is 0 Å². The van der Waals surface area contributed by atoms with Crippen LogP contribution in [0, 0.1) is 11.8 Å². The van der Waals surface area contributed by atoms with Crippen LogP contribution in [0.5, 0.6) is 0 Å². The minimum Gasteiger partial charge on any atom is -0.469 e. The zero-order valence-corrected chi connectivity index (χ0v) is 13.6. The molecule has 0 aromatic rings. The van der Waals surface area contributed by atoms with Gasteiger partial charge in [-0.15, -0.1) is 23.4 Å². The van der Waals surface area contributed by atoms with Crippen LogP contribution in [-0.4, -0.2) is 19.0 Å². The van der Waals surface area contributed by atoms with E-state index in [1.165, 1.54) is 45.6 Å². The van der Waals surface area contributed by atoms with E-state index < -0.39 is 0 Å².